The van der Waals surface area contributed by atoms with Gasteiger partial charge in [0.15, 0.2) is 0 Å². The van der Waals surface area contributed by atoms with Gasteiger partial charge in [-0.25, -0.2) is 0 Å². The summed E-state index contributed by atoms with van der Waals surface area (Å²) in [5.74, 6) is 8.86. The summed E-state index contributed by atoms with van der Waals surface area (Å²) in [7, 11) is 0. The minimum atomic E-state index is -0.546. The van der Waals surface area contributed by atoms with Gasteiger partial charge in [0.1, 0.15) is 0 Å². The normalized spacial score (nSPS) is 42.9. The molecule has 2 nitrogen and oxygen atoms in total. The van der Waals surface area contributed by atoms with E-state index in [2.05, 4.69) is 18.8 Å². The highest BCUT2D eigenvalue weighted by molar-refractivity contribution is 5.15. The van der Waals surface area contributed by atoms with Crippen LogP contribution in [0.1, 0.15) is 64.7 Å². The van der Waals surface area contributed by atoms with E-state index in [1.807, 2.05) is 0 Å². The third-order valence-corrected chi connectivity index (χ3v) is 6.01. The van der Waals surface area contributed by atoms with Crippen LogP contribution in [-0.2, 0) is 0 Å². The highest BCUT2D eigenvalue weighted by Crippen LogP contribution is 2.51. The summed E-state index contributed by atoms with van der Waals surface area (Å²) in [6.45, 7) is 2.29. The van der Waals surface area contributed by atoms with E-state index in [9.17, 15) is 10.2 Å². The van der Waals surface area contributed by atoms with Gasteiger partial charge in [-0.05, 0) is 49.9 Å². The van der Waals surface area contributed by atoms with E-state index in [0.29, 0.717) is 18.3 Å². The molecule has 0 heterocycles. The van der Waals surface area contributed by atoms with Crippen molar-refractivity contribution in [3.63, 3.8) is 0 Å². The maximum absolute atomic E-state index is 10.5. The molecule has 3 aliphatic carbocycles. The van der Waals surface area contributed by atoms with Gasteiger partial charge in [-0.15, -0.1) is 0 Å². The highest BCUT2D eigenvalue weighted by atomic mass is 16.3. The maximum Gasteiger partial charge on any atom is 0.0756 e. The second-order valence-electron chi connectivity index (χ2n) is 7.50. The maximum atomic E-state index is 10.5. The van der Waals surface area contributed by atoms with E-state index in [4.69, 9.17) is 0 Å². The third kappa shape index (κ3) is 2.76. The fourth-order valence-electron chi connectivity index (χ4n) is 4.75. The Hall–Kier alpha value is -0.520. The van der Waals surface area contributed by atoms with E-state index in [0.717, 1.165) is 38.0 Å². The molecule has 3 rings (SSSR count). The lowest BCUT2D eigenvalue weighted by Crippen LogP contribution is -2.48. The largest absolute Gasteiger partial charge is 0.392 e. The monoisotopic (exact) mass is 276 g/mol. The van der Waals surface area contributed by atoms with Crippen molar-refractivity contribution in [2.75, 3.05) is 0 Å². The Morgan fingerprint density at radius 3 is 2.60 bits per heavy atom. The summed E-state index contributed by atoms with van der Waals surface area (Å²) >= 11 is 0. The van der Waals surface area contributed by atoms with Gasteiger partial charge in [-0.1, -0.05) is 38.0 Å². The lowest BCUT2D eigenvalue weighted by molar-refractivity contribution is -0.0561. The first-order chi connectivity index (χ1) is 9.59. The minimum Gasteiger partial charge on any atom is -0.392 e. The first-order valence-electron chi connectivity index (χ1n) is 8.48. The van der Waals surface area contributed by atoms with Crippen molar-refractivity contribution in [2.24, 2.45) is 23.7 Å². The van der Waals surface area contributed by atoms with Gasteiger partial charge in [0.2, 0.25) is 0 Å². The molecular weight excluding hydrogens is 248 g/mol. The molecule has 0 aromatic heterocycles. The average Bonchev–Trinajstić information content (AvgIpc) is 2.41. The zero-order valence-electron chi connectivity index (χ0n) is 12.6. The molecule has 0 aliphatic heterocycles. The van der Waals surface area contributed by atoms with Gasteiger partial charge in [0.05, 0.1) is 11.7 Å². The van der Waals surface area contributed by atoms with Gasteiger partial charge < -0.3 is 10.2 Å². The van der Waals surface area contributed by atoms with Crippen LogP contribution in [0.5, 0.6) is 0 Å². The molecule has 0 aromatic carbocycles. The molecule has 0 amide bonds. The SMILES string of the molecule is C[C@H]1C[C@@H]2CC[C@H](O)[C@H](C#CCC3(O)CCCCC3)[C@H]21. The Bertz CT molecular complexity index is 399. The standard InChI is InChI=1S/C18H28O2/c1-13-12-14-7-8-16(19)15(17(13)14)6-5-11-18(20)9-3-2-4-10-18/h13-17,19-20H,2-4,7-12H2,1H3/t13-,14-,15-,16-,17-/m0/s1. The summed E-state index contributed by atoms with van der Waals surface area (Å²) in [4.78, 5) is 0. The average molecular weight is 276 g/mol. The fourth-order valence-corrected chi connectivity index (χ4v) is 4.75. The number of fused-ring (bicyclic) bond motifs is 1. The first-order valence-corrected chi connectivity index (χ1v) is 8.48. The molecule has 2 heteroatoms. The molecule has 0 saturated heterocycles. The van der Waals surface area contributed by atoms with Crippen LogP contribution in [0.2, 0.25) is 0 Å². The van der Waals surface area contributed by atoms with Gasteiger partial charge >= 0.3 is 0 Å². The molecule has 0 aromatic rings. The van der Waals surface area contributed by atoms with Crippen LogP contribution in [0.15, 0.2) is 0 Å². The molecule has 0 radical (unpaired) electrons. The number of hydrogen-bond donors (Lipinski definition) is 2. The second-order valence-corrected chi connectivity index (χ2v) is 7.50. The predicted molar refractivity (Wildman–Crippen MR) is 79.9 cm³/mol. The smallest absolute Gasteiger partial charge is 0.0756 e. The van der Waals surface area contributed by atoms with Crippen LogP contribution < -0.4 is 0 Å². The molecule has 3 aliphatic rings. The van der Waals surface area contributed by atoms with E-state index in [-0.39, 0.29) is 12.0 Å². The Labute approximate surface area is 123 Å². The molecule has 3 fully saturated rings. The highest BCUT2D eigenvalue weighted by Gasteiger charge is 2.47. The zero-order chi connectivity index (χ0) is 14.2. The zero-order valence-corrected chi connectivity index (χ0v) is 12.6. The summed E-state index contributed by atoms with van der Waals surface area (Å²) in [5, 5.41) is 20.7. The Morgan fingerprint density at radius 1 is 1.15 bits per heavy atom. The van der Waals surface area contributed by atoms with Crippen LogP contribution in [0.4, 0.5) is 0 Å². The van der Waals surface area contributed by atoms with Crippen molar-refractivity contribution in [2.45, 2.75) is 76.4 Å². The van der Waals surface area contributed by atoms with Gasteiger partial charge in [0.25, 0.3) is 0 Å². The Balaban J connectivity index is 1.62. The fraction of sp³-hybridized carbons (Fsp3) is 0.889. The van der Waals surface area contributed by atoms with Crippen LogP contribution >= 0.6 is 0 Å². The van der Waals surface area contributed by atoms with Crippen molar-refractivity contribution >= 4 is 0 Å². The molecular formula is C18H28O2. The lowest BCUT2D eigenvalue weighted by atomic mass is 9.54. The summed E-state index contributed by atoms with van der Waals surface area (Å²) in [6, 6.07) is 0. The predicted octanol–water partition coefficient (Wildman–Crippen LogP) is 3.12. The van der Waals surface area contributed by atoms with Crippen molar-refractivity contribution in [1.82, 2.24) is 0 Å². The molecule has 3 saturated carbocycles. The van der Waals surface area contributed by atoms with Crippen molar-refractivity contribution in [3.8, 4) is 11.8 Å². The van der Waals surface area contributed by atoms with E-state index < -0.39 is 5.60 Å². The number of rotatable bonds is 1. The van der Waals surface area contributed by atoms with Gasteiger partial charge in [-0.3, -0.25) is 0 Å². The summed E-state index contributed by atoms with van der Waals surface area (Å²) < 4.78 is 0. The van der Waals surface area contributed by atoms with Crippen LogP contribution in [-0.4, -0.2) is 21.9 Å². The number of aliphatic hydroxyl groups is 2. The molecule has 0 spiro atoms. The third-order valence-electron chi connectivity index (χ3n) is 6.01. The van der Waals surface area contributed by atoms with Crippen LogP contribution in [0, 0.1) is 35.5 Å². The Kier molecular flexibility index (Phi) is 4.11. The van der Waals surface area contributed by atoms with Gasteiger partial charge in [0, 0.05) is 12.3 Å². The quantitative estimate of drug-likeness (QED) is 0.722. The molecule has 0 unspecified atom stereocenters. The first kappa shape index (κ1) is 14.4. The van der Waals surface area contributed by atoms with Gasteiger partial charge in [-0.2, -0.15) is 0 Å². The molecule has 20 heavy (non-hydrogen) atoms. The Morgan fingerprint density at radius 2 is 1.90 bits per heavy atom. The van der Waals surface area contributed by atoms with Crippen LogP contribution in [0.3, 0.4) is 0 Å². The summed E-state index contributed by atoms with van der Waals surface area (Å²) in [5.41, 5.74) is -0.546. The van der Waals surface area contributed by atoms with Crippen molar-refractivity contribution in [1.29, 1.82) is 0 Å². The molecule has 2 N–H and O–H groups in total. The minimum absolute atomic E-state index is 0.157. The second kappa shape index (κ2) is 5.70. The summed E-state index contributed by atoms with van der Waals surface area (Å²) in [6.07, 6.45) is 9.08. The van der Waals surface area contributed by atoms with Crippen LogP contribution in [0.25, 0.3) is 0 Å². The number of aliphatic hydroxyl groups excluding tert-OH is 1. The van der Waals surface area contributed by atoms with Crippen molar-refractivity contribution < 1.29 is 10.2 Å². The topological polar surface area (TPSA) is 40.5 Å². The molecule has 112 valence electrons. The molecule has 0 bridgehead atoms. The van der Waals surface area contributed by atoms with E-state index >= 15 is 0 Å². The lowest BCUT2D eigenvalue weighted by Gasteiger charge is -2.51. The molecule has 5 atom stereocenters. The number of hydrogen-bond acceptors (Lipinski definition) is 2. The van der Waals surface area contributed by atoms with Crippen molar-refractivity contribution in [3.05, 3.63) is 0 Å². The van der Waals surface area contributed by atoms with E-state index in [1.54, 1.807) is 0 Å². The van der Waals surface area contributed by atoms with E-state index in [1.165, 1.54) is 19.3 Å².